The lowest BCUT2D eigenvalue weighted by Crippen LogP contribution is -2.18. The minimum Gasteiger partial charge on any atom is -0.324 e. The van der Waals surface area contributed by atoms with E-state index in [1.54, 1.807) is 6.20 Å². The lowest BCUT2D eigenvalue weighted by molar-refractivity contribution is 0.315. The Hall–Kier alpha value is -1.91. The van der Waals surface area contributed by atoms with Gasteiger partial charge in [-0.3, -0.25) is 15.7 Å². The van der Waals surface area contributed by atoms with E-state index in [4.69, 9.17) is 5.84 Å². The second-order valence-corrected chi connectivity index (χ2v) is 4.34. The van der Waals surface area contributed by atoms with Crippen LogP contribution >= 0.6 is 0 Å². The van der Waals surface area contributed by atoms with E-state index in [2.05, 4.69) is 46.6 Å². The Labute approximate surface area is 107 Å². The number of aromatic nitrogens is 1. The maximum Gasteiger partial charge on any atom is 0.0564 e. The van der Waals surface area contributed by atoms with E-state index in [-0.39, 0.29) is 0 Å². The summed E-state index contributed by atoms with van der Waals surface area (Å²) in [5.74, 6) is 5.38. The highest BCUT2D eigenvalue weighted by atomic mass is 15.2. The number of nitrogens with one attached hydrogen (secondary N) is 1. The van der Waals surface area contributed by atoms with Crippen LogP contribution in [0.15, 0.2) is 48.7 Å². The largest absolute Gasteiger partial charge is 0.324 e. The minimum atomic E-state index is 0.796. The van der Waals surface area contributed by atoms with Gasteiger partial charge in [0.2, 0.25) is 0 Å². The van der Waals surface area contributed by atoms with Crippen molar-refractivity contribution in [3.05, 3.63) is 59.9 Å². The zero-order chi connectivity index (χ0) is 12.8. The molecule has 0 aliphatic carbocycles. The Morgan fingerprint density at radius 2 is 1.94 bits per heavy atom. The average molecular weight is 242 g/mol. The van der Waals surface area contributed by atoms with Gasteiger partial charge in [0.15, 0.2) is 0 Å². The molecule has 1 heterocycles. The van der Waals surface area contributed by atoms with Crippen LogP contribution in [0.1, 0.15) is 11.3 Å². The number of hydrazine groups is 1. The number of nitrogens with two attached hydrogens (primary N) is 1. The van der Waals surface area contributed by atoms with Gasteiger partial charge in [0, 0.05) is 19.3 Å². The van der Waals surface area contributed by atoms with Crippen molar-refractivity contribution in [3.8, 4) is 0 Å². The summed E-state index contributed by atoms with van der Waals surface area (Å²) in [4.78, 5) is 6.55. The van der Waals surface area contributed by atoms with Crippen molar-refractivity contribution >= 4 is 5.69 Å². The van der Waals surface area contributed by atoms with Gasteiger partial charge >= 0.3 is 0 Å². The molecule has 2 rings (SSSR count). The van der Waals surface area contributed by atoms with Crippen molar-refractivity contribution in [1.82, 2.24) is 9.88 Å². The van der Waals surface area contributed by atoms with Gasteiger partial charge in [-0.2, -0.15) is 0 Å². The molecule has 0 bridgehead atoms. The SMILES string of the molecule is CN(Cc1ccccc1)Cc1cc(NN)ccn1. The molecule has 4 nitrogen and oxygen atoms in total. The third-order valence-corrected chi connectivity index (χ3v) is 2.71. The summed E-state index contributed by atoms with van der Waals surface area (Å²) in [5, 5.41) is 0. The number of benzene rings is 1. The summed E-state index contributed by atoms with van der Waals surface area (Å²) in [6.45, 7) is 1.70. The molecule has 0 aliphatic heterocycles. The van der Waals surface area contributed by atoms with Crippen molar-refractivity contribution < 1.29 is 0 Å². The molecule has 0 unspecified atom stereocenters. The van der Waals surface area contributed by atoms with Gasteiger partial charge in [0.05, 0.1) is 11.4 Å². The molecule has 94 valence electrons. The second-order valence-electron chi connectivity index (χ2n) is 4.34. The molecule has 3 N–H and O–H groups in total. The van der Waals surface area contributed by atoms with E-state index >= 15 is 0 Å². The zero-order valence-corrected chi connectivity index (χ0v) is 10.5. The Balaban J connectivity index is 1.96. The number of nitrogen functional groups attached to an aromatic ring is 1. The highest BCUT2D eigenvalue weighted by molar-refractivity contribution is 5.41. The molecule has 18 heavy (non-hydrogen) atoms. The predicted octanol–water partition coefficient (Wildman–Crippen LogP) is 2.00. The number of rotatable bonds is 5. The van der Waals surface area contributed by atoms with E-state index in [0.717, 1.165) is 24.5 Å². The maximum atomic E-state index is 5.38. The highest BCUT2D eigenvalue weighted by Crippen LogP contribution is 2.10. The van der Waals surface area contributed by atoms with E-state index < -0.39 is 0 Å². The van der Waals surface area contributed by atoms with Crippen LogP contribution in [0.25, 0.3) is 0 Å². The van der Waals surface area contributed by atoms with Crippen molar-refractivity contribution in [2.75, 3.05) is 12.5 Å². The molecule has 0 fully saturated rings. The van der Waals surface area contributed by atoms with Crippen LogP contribution in [0.5, 0.6) is 0 Å². The van der Waals surface area contributed by atoms with E-state index in [9.17, 15) is 0 Å². The Morgan fingerprint density at radius 1 is 1.17 bits per heavy atom. The predicted molar refractivity (Wildman–Crippen MR) is 73.7 cm³/mol. The topological polar surface area (TPSA) is 54.2 Å². The first-order chi connectivity index (χ1) is 8.78. The van der Waals surface area contributed by atoms with Crippen LogP contribution in [0.2, 0.25) is 0 Å². The lowest BCUT2D eigenvalue weighted by atomic mass is 10.2. The van der Waals surface area contributed by atoms with E-state index in [1.807, 2.05) is 18.2 Å². The highest BCUT2D eigenvalue weighted by Gasteiger charge is 2.03. The Morgan fingerprint density at radius 3 is 2.67 bits per heavy atom. The van der Waals surface area contributed by atoms with Crippen molar-refractivity contribution in [3.63, 3.8) is 0 Å². The fourth-order valence-corrected chi connectivity index (χ4v) is 1.88. The first-order valence-corrected chi connectivity index (χ1v) is 5.92. The number of hydrogen-bond donors (Lipinski definition) is 2. The molecule has 0 radical (unpaired) electrons. The molecule has 0 amide bonds. The summed E-state index contributed by atoms with van der Waals surface area (Å²) >= 11 is 0. The molecule has 1 aromatic heterocycles. The van der Waals surface area contributed by atoms with Gasteiger partial charge in [0.25, 0.3) is 0 Å². The standard InChI is InChI=1S/C14H18N4/c1-18(10-12-5-3-2-4-6-12)11-14-9-13(17-15)7-8-16-14/h2-9H,10-11,15H2,1H3,(H,16,17). The summed E-state index contributed by atoms with van der Waals surface area (Å²) in [6, 6.07) is 14.2. The van der Waals surface area contributed by atoms with Gasteiger partial charge in [-0.15, -0.1) is 0 Å². The molecule has 0 aliphatic rings. The summed E-state index contributed by atoms with van der Waals surface area (Å²) < 4.78 is 0. The number of hydrogen-bond acceptors (Lipinski definition) is 4. The van der Waals surface area contributed by atoms with Gasteiger partial charge in [-0.1, -0.05) is 30.3 Å². The van der Waals surface area contributed by atoms with Crippen LogP contribution in [-0.4, -0.2) is 16.9 Å². The van der Waals surface area contributed by atoms with Gasteiger partial charge < -0.3 is 5.43 Å². The van der Waals surface area contributed by atoms with Crippen LogP contribution in [0, 0.1) is 0 Å². The summed E-state index contributed by atoms with van der Waals surface area (Å²) in [5.41, 5.74) is 5.82. The fraction of sp³-hybridized carbons (Fsp3) is 0.214. The van der Waals surface area contributed by atoms with Crippen LogP contribution in [0.3, 0.4) is 0 Å². The molecule has 1 aromatic carbocycles. The second kappa shape index (κ2) is 6.14. The zero-order valence-electron chi connectivity index (χ0n) is 10.5. The van der Waals surface area contributed by atoms with Gasteiger partial charge in [-0.05, 0) is 24.7 Å². The molecule has 0 spiro atoms. The quantitative estimate of drug-likeness (QED) is 0.622. The first kappa shape index (κ1) is 12.5. The van der Waals surface area contributed by atoms with E-state index in [0.29, 0.717) is 0 Å². The van der Waals surface area contributed by atoms with Gasteiger partial charge in [0.1, 0.15) is 0 Å². The number of anilines is 1. The first-order valence-electron chi connectivity index (χ1n) is 5.92. The molecule has 0 saturated heterocycles. The third-order valence-electron chi connectivity index (χ3n) is 2.71. The smallest absolute Gasteiger partial charge is 0.0564 e. The number of nitrogens with zero attached hydrogens (tertiary/aromatic N) is 2. The monoisotopic (exact) mass is 242 g/mol. The van der Waals surface area contributed by atoms with Crippen LogP contribution in [0.4, 0.5) is 5.69 Å². The average Bonchev–Trinajstić information content (AvgIpc) is 2.40. The van der Waals surface area contributed by atoms with Crippen LogP contribution in [-0.2, 0) is 13.1 Å². The molecular weight excluding hydrogens is 224 g/mol. The third kappa shape index (κ3) is 3.55. The van der Waals surface area contributed by atoms with E-state index in [1.165, 1.54) is 5.56 Å². The van der Waals surface area contributed by atoms with Gasteiger partial charge in [-0.25, -0.2) is 0 Å². The van der Waals surface area contributed by atoms with Crippen molar-refractivity contribution in [2.24, 2.45) is 5.84 Å². The molecular formula is C14H18N4. The van der Waals surface area contributed by atoms with Crippen molar-refractivity contribution in [2.45, 2.75) is 13.1 Å². The lowest BCUT2D eigenvalue weighted by Gasteiger charge is -2.16. The normalized spacial score (nSPS) is 10.6. The molecule has 0 atom stereocenters. The number of pyridine rings is 1. The molecule has 4 heteroatoms. The minimum absolute atomic E-state index is 0.796. The Kier molecular flexibility index (Phi) is 4.28. The molecule has 0 saturated carbocycles. The Bertz CT molecular complexity index is 484. The summed E-state index contributed by atoms with van der Waals surface area (Å²) in [6.07, 6.45) is 1.76. The van der Waals surface area contributed by atoms with Crippen molar-refractivity contribution in [1.29, 1.82) is 0 Å². The van der Waals surface area contributed by atoms with Crippen LogP contribution < -0.4 is 11.3 Å². The molecule has 2 aromatic rings. The maximum absolute atomic E-state index is 5.38. The fourth-order valence-electron chi connectivity index (χ4n) is 1.88. The summed E-state index contributed by atoms with van der Waals surface area (Å²) in [7, 11) is 2.08.